The van der Waals surface area contributed by atoms with Crippen molar-refractivity contribution in [3.8, 4) is 0 Å². The Balaban J connectivity index is 1.65. The lowest BCUT2D eigenvalue weighted by Gasteiger charge is -2.22. The highest BCUT2D eigenvalue weighted by molar-refractivity contribution is 6.07. The van der Waals surface area contributed by atoms with Crippen molar-refractivity contribution in [1.82, 2.24) is 15.4 Å². The third-order valence-corrected chi connectivity index (χ3v) is 4.36. The van der Waals surface area contributed by atoms with Crippen molar-refractivity contribution in [2.75, 3.05) is 11.9 Å². The van der Waals surface area contributed by atoms with Gasteiger partial charge in [-0.3, -0.25) is 14.5 Å². The maximum atomic E-state index is 12.8. The molecule has 1 unspecified atom stereocenters. The van der Waals surface area contributed by atoms with E-state index in [1.54, 1.807) is 19.9 Å². The highest BCUT2D eigenvalue weighted by Gasteiger charge is 2.48. The van der Waals surface area contributed by atoms with Crippen LogP contribution < -0.4 is 10.6 Å². The second-order valence-electron chi connectivity index (χ2n) is 6.50. The average molecular weight is 356 g/mol. The Labute approximate surface area is 150 Å². The van der Waals surface area contributed by atoms with Gasteiger partial charge in [-0.05, 0) is 26.3 Å². The summed E-state index contributed by atoms with van der Waals surface area (Å²) >= 11 is 0. The molecule has 8 heteroatoms. The lowest BCUT2D eigenvalue weighted by atomic mass is 9.91. The average Bonchev–Trinajstić information content (AvgIpc) is 3.08. The Morgan fingerprint density at radius 1 is 1.27 bits per heavy atom. The molecule has 4 amide bonds. The molecule has 2 aromatic rings. The Bertz CT molecular complexity index is 858. The van der Waals surface area contributed by atoms with E-state index in [4.69, 9.17) is 4.52 Å². The van der Waals surface area contributed by atoms with Crippen LogP contribution in [0.3, 0.4) is 0 Å². The van der Waals surface area contributed by atoms with E-state index in [2.05, 4.69) is 15.8 Å². The van der Waals surface area contributed by atoms with Gasteiger partial charge in [0.2, 0.25) is 5.91 Å². The fourth-order valence-electron chi connectivity index (χ4n) is 2.83. The summed E-state index contributed by atoms with van der Waals surface area (Å²) in [5, 5.41) is 8.95. The number of nitrogens with zero attached hydrogens (tertiary/aromatic N) is 2. The molecular formula is C18H20N4O4. The van der Waals surface area contributed by atoms with Gasteiger partial charge in [0.1, 0.15) is 11.3 Å². The fourth-order valence-corrected chi connectivity index (χ4v) is 2.83. The number of nitrogens with one attached hydrogen (secondary N) is 2. The standard InChI is InChI=1S/C18H20N4O4/c1-11-4-6-13(7-5-11)18(3)16(24)22(17(25)20-18)9-8-15(23)19-14-10-12(2)26-21-14/h4-7,10H,8-9H2,1-3H3,(H,20,25)(H,19,21,23). The number of carbonyl (C=O) groups is 3. The largest absolute Gasteiger partial charge is 0.360 e. The van der Waals surface area contributed by atoms with Gasteiger partial charge in [0.05, 0.1) is 0 Å². The summed E-state index contributed by atoms with van der Waals surface area (Å²) in [7, 11) is 0. The molecule has 3 rings (SSSR count). The zero-order chi connectivity index (χ0) is 18.9. The van der Waals surface area contributed by atoms with E-state index in [0.717, 1.165) is 10.5 Å². The molecule has 0 bridgehead atoms. The highest BCUT2D eigenvalue weighted by Crippen LogP contribution is 2.29. The molecule has 1 aliphatic rings. The van der Waals surface area contributed by atoms with Crippen molar-refractivity contribution in [2.24, 2.45) is 0 Å². The predicted molar refractivity (Wildman–Crippen MR) is 93.3 cm³/mol. The summed E-state index contributed by atoms with van der Waals surface area (Å²) in [6, 6.07) is 8.47. The summed E-state index contributed by atoms with van der Waals surface area (Å²) in [5.41, 5.74) is 0.627. The monoisotopic (exact) mass is 356 g/mol. The smallest absolute Gasteiger partial charge is 0.325 e. The summed E-state index contributed by atoms with van der Waals surface area (Å²) < 4.78 is 4.87. The first-order valence-corrected chi connectivity index (χ1v) is 8.24. The molecule has 26 heavy (non-hydrogen) atoms. The molecule has 1 atom stereocenters. The third kappa shape index (κ3) is 3.30. The second kappa shape index (κ2) is 6.62. The molecular weight excluding hydrogens is 336 g/mol. The Morgan fingerprint density at radius 2 is 1.96 bits per heavy atom. The Morgan fingerprint density at radius 3 is 2.58 bits per heavy atom. The number of benzene rings is 1. The van der Waals surface area contributed by atoms with Crippen molar-refractivity contribution in [3.63, 3.8) is 0 Å². The molecule has 1 aromatic heterocycles. The van der Waals surface area contributed by atoms with E-state index in [1.807, 2.05) is 31.2 Å². The van der Waals surface area contributed by atoms with Crippen LogP contribution in [0, 0.1) is 13.8 Å². The number of imide groups is 1. The number of rotatable bonds is 5. The van der Waals surface area contributed by atoms with Crippen molar-refractivity contribution in [2.45, 2.75) is 32.7 Å². The zero-order valence-electron chi connectivity index (χ0n) is 14.8. The topological polar surface area (TPSA) is 105 Å². The van der Waals surface area contributed by atoms with Crippen LogP contribution in [0.2, 0.25) is 0 Å². The Kier molecular flexibility index (Phi) is 4.50. The predicted octanol–water partition coefficient (Wildman–Crippen LogP) is 2.09. The van der Waals surface area contributed by atoms with E-state index in [0.29, 0.717) is 17.1 Å². The fraction of sp³-hybridized carbons (Fsp3) is 0.333. The quantitative estimate of drug-likeness (QED) is 0.798. The first kappa shape index (κ1) is 17.7. The number of aromatic nitrogens is 1. The van der Waals surface area contributed by atoms with Gasteiger partial charge in [-0.25, -0.2) is 4.79 Å². The van der Waals surface area contributed by atoms with E-state index in [1.165, 1.54) is 0 Å². The minimum Gasteiger partial charge on any atom is -0.360 e. The number of aryl methyl sites for hydroxylation is 2. The summed E-state index contributed by atoms with van der Waals surface area (Å²) in [5.74, 6) is 0.136. The minimum atomic E-state index is -1.13. The van der Waals surface area contributed by atoms with Crippen molar-refractivity contribution in [3.05, 3.63) is 47.2 Å². The second-order valence-corrected chi connectivity index (χ2v) is 6.50. The first-order valence-electron chi connectivity index (χ1n) is 8.24. The Hall–Kier alpha value is -3.16. The number of urea groups is 1. The molecule has 136 valence electrons. The first-order chi connectivity index (χ1) is 12.3. The molecule has 0 spiro atoms. The normalized spacial score (nSPS) is 19.6. The van der Waals surface area contributed by atoms with Crippen molar-refractivity contribution < 1.29 is 18.9 Å². The van der Waals surface area contributed by atoms with Crippen LogP contribution >= 0.6 is 0 Å². The van der Waals surface area contributed by atoms with Gasteiger partial charge >= 0.3 is 6.03 Å². The van der Waals surface area contributed by atoms with Crippen LogP contribution in [-0.4, -0.2) is 34.4 Å². The zero-order valence-corrected chi connectivity index (χ0v) is 14.8. The lowest BCUT2D eigenvalue weighted by Crippen LogP contribution is -2.41. The SMILES string of the molecule is Cc1ccc(C2(C)NC(=O)N(CCC(=O)Nc3cc(C)on3)C2=O)cc1. The highest BCUT2D eigenvalue weighted by atomic mass is 16.5. The van der Waals surface area contributed by atoms with Crippen molar-refractivity contribution >= 4 is 23.7 Å². The molecule has 0 saturated carbocycles. The molecule has 2 N–H and O–H groups in total. The van der Waals surface area contributed by atoms with Crippen LogP contribution in [0.15, 0.2) is 34.9 Å². The minimum absolute atomic E-state index is 0.0191. The van der Waals surface area contributed by atoms with Gasteiger partial charge in [0.25, 0.3) is 5.91 Å². The van der Waals surface area contributed by atoms with Gasteiger partial charge in [-0.1, -0.05) is 35.0 Å². The third-order valence-electron chi connectivity index (χ3n) is 4.36. The van der Waals surface area contributed by atoms with E-state index < -0.39 is 11.6 Å². The molecule has 1 fully saturated rings. The van der Waals surface area contributed by atoms with Gasteiger partial charge in [-0.2, -0.15) is 0 Å². The van der Waals surface area contributed by atoms with Crippen LogP contribution in [0.5, 0.6) is 0 Å². The molecule has 0 aliphatic carbocycles. The maximum absolute atomic E-state index is 12.8. The number of anilines is 1. The number of carbonyl (C=O) groups excluding carboxylic acids is 3. The lowest BCUT2D eigenvalue weighted by molar-refractivity contribution is -0.131. The number of amides is 4. The molecule has 0 radical (unpaired) electrons. The molecule has 2 heterocycles. The molecule has 1 aromatic carbocycles. The van der Waals surface area contributed by atoms with E-state index in [9.17, 15) is 14.4 Å². The van der Waals surface area contributed by atoms with Gasteiger partial charge in [-0.15, -0.1) is 0 Å². The van der Waals surface area contributed by atoms with E-state index in [-0.39, 0.29) is 24.8 Å². The molecule has 1 aliphatic heterocycles. The summed E-state index contributed by atoms with van der Waals surface area (Å²) in [6.07, 6.45) is -0.0327. The molecule has 1 saturated heterocycles. The van der Waals surface area contributed by atoms with E-state index >= 15 is 0 Å². The van der Waals surface area contributed by atoms with Crippen LogP contribution in [0.1, 0.15) is 30.2 Å². The van der Waals surface area contributed by atoms with Crippen LogP contribution in [-0.2, 0) is 15.1 Å². The van der Waals surface area contributed by atoms with Crippen molar-refractivity contribution in [1.29, 1.82) is 0 Å². The number of hydrogen-bond acceptors (Lipinski definition) is 5. The molecule has 8 nitrogen and oxygen atoms in total. The van der Waals surface area contributed by atoms with Crippen LogP contribution in [0.25, 0.3) is 0 Å². The number of hydrogen-bond donors (Lipinski definition) is 2. The summed E-state index contributed by atoms with van der Waals surface area (Å²) in [4.78, 5) is 38.1. The van der Waals surface area contributed by atoms with Gasteiger partial charge < -0.3 is 15.2 Å². The van der Waals surface area contributed by atoms with Crippen LogP contribution in [0.4, 0.5) is 10.6 Å². The van der Waals surface area contributed by atoms with Gasteiger partial charge in [0.15, 0.2) is 5.82 Å². The maximum Gasteiger partial charge on any atom is 0.325 e. The van der Waals surface area contributed by atoms with Gasteiger partial charge in [0, 0.05) is 19.0 Å². The summed E-state index contributed by atoms with van der Waals surface area (Å²) in [6.45, 7) is 5.30.